The molecule has 0 amide bonds. The maximum atomic E-state index is 12.1. The highest BCUT2D eigenvalue weighted by Gasteiger charge is 2.05. The second kappa shape index (κ2) is 6.99. The summed E-state index contributed by atoms with van der Waals surface area (Å²) in [5, 5.41) is 4.24. The van der Waals surface area contributed by atoms with Crippen molar-refractivity contribution in [2.45, 2.75) is 26.4 Å². The fourth-order valence-electron chi connectivity index (χ4n) is 2.13. The molecule has 0 unspecified atom stereocenters. The molecule has 0 atom stereocenters. The molecule has 6 nitrogen and oxygen atoms in total. The lowest BCUT2D eigenvalue weighted by Gasteiger charge is -2.17. The van der Waals surface area contributed by atoms with Crippen LogP contribution in [0, 0.1) is 0 Å². The molecule has 0 aliphatic heterocycles. The summed E-state index contributed by atoms with van der Waals surface area (Å²) in [6.45, 7) is 3.81. The van der Waals surface area contributed by atoms with Gasteiger partial charge in [-0.15, -0.1) is 0 Å². The quantitative estimate of drug-likeness (QED) is 0.857. The zero-order valence-corrected chi connectivity index (χ0v) is 12.5. The van der Waals surface area contributed by atoms with Gasteiger partial charge in [-0.05, 0) is 24.1 Å². The first-order valence-electron chi connectivity index (χ1n) is 7.06. The second-order valence-corrected chi connectivity index (χ2v) is 4.99. The molecular weight excluding hydrogens is 266 g/mol. The predicted octanol–water partition coefficient (Wildman–Crippen LogP) is 0.991. The van der Waals surface area contributed by atoms with Gasteiger partial charge in [-0.1, -0.05) is 6.92 Å². The summed E-state index contributed by atoms with van der Waals surface area (Å²) in [6, 6.07) is 5.38. The zero-order chi connectivity index (χ0) is 15.2. The van der Waals surface area contributed by atoms with E-state index in [2.05, 4.69) is 17.0 Å². The van der Waals surface area contributed by atoms with Gasteiger partial charge < -0.3 is 10.6 Å². The fourth-order valence-corrected chi connectivity index (χ4v) is 2.13. The molecule has 6 heteroatoms. The molecule has 112 valence electrons. The first-order chi connectivity index (χ1) is 10.1. The van der Waals surface area contributed by atoms with Crippen LogP contribution in [0.5, 0.6) is 0 Å². The van der Waals surface area contributed by atoms with Crippen LogP contribution in [0.1, 0.15) is 24.6 Å². The molecule has 0 fully saturated rings. The van der Waals surface area contributed by atoms with Crippen LogP contribution in [0.15, 0.2) is 35.4 Å². The van der Waals surface area contributed by atoms with E-state index in [0.717, 1.165) is 29.9 Å². The molecule has 2 aromatic heterocycles. The topological polar surface area (TPSA) is 77.0 Å². The van der Waals surface area contributed by atoms with Gasteiger partial charge in [-0.25, -0.2) is 4.68 Å². The Morgan fingerprint density at radius 2 is 2.19 bits per heavy atom. The van der Waals surface area contributed by atoms with Crippen molar-refractivity contribution in [3.05, 3.63) is 52.2 Å². The van der Waals surface area contributed by atoms with E-state index in [0.29, 0.717) is 13.1 Å². The molecule has 0 aliphatic carbocycles. The number of pyridine rings is 1. The van der Waals surface area contributed by atoms with Crippen LogP contribution in [0.2, 0.25) is 0 Å². The van der Waals surface area contributed by atoms with Crippen LogP contribution in [0.3, 0.4) is 0 Å². The van der Waals surface area contributed by atoms with Crippen molar-refractivity contribution in [3.63, 3.8) is 0 Å². The van der Waals surface area contributed by atoms with E-state index in [1.165, 1.54) is 4.68 Å². The van der Waals surface area contributed by atoms with E-state index in [4.69, 9.17) is 5.73 Å². The number of hydrogen-bond donors (Lipinski definition) is 1. The third-order valence-electron chi connectivity index (χ3n) is 3.28. The summed E-state index contributed by atoms with van der Waals surface area (Å²) in [6.07, 6.45) is 4.45. The van der Waals surface area contributed by atoms with Gasteiger partial charge in [0.1, 0.15) is 0 Å². The lowest BCUT2D eigenvalue weighted by atomic mass is 10.2. The van der Waals surface area contributed by atoms with Crippen LogP contribution >= 0.6 is 0 Å². The van der Waals surface area contributed by atoms with E-state index in [-0.39, 0.29) is 5.56 Å². The molecule has 2 N–H and O–H groups in total. The maximum absolute atomic E-state index is 12.1. The van der Waals surface area contributed by atoms with Crippen LogP contribution in [-0.2, 0) is 13.1 Å². The number of rotatable bonds is 6. The molecule has 0 radical (unpaired) electrons. The van der Waals surface area contributed by atoms with E-state index in [1.807, 2.05) is 24.1 Å². The van der Waals surface area contributed by atoms with E-state index >= 15 is 0 Å². The minimum absolute atomic E-state index is 0.110. The van der Waals surface area contributed by atoms with E-state index < -0.39 is 0 Å². The lowest BCUT2D eigenvalue weighted by Crippen LogP contribution is -2.26. The van der Waals surface area contributed by atoms with Gasteiger partial charge in [0, 0.05) is 32.4 Å². The molecule has 0 bridgehead atoms. The number of hydrogen-bond acceptors (Lipinski definition) is 5. The Labute approximate surface area is 124 Å². The average Bonchev–Trinajstić information content (AvgIpc) is 2.49. The number of nitrogens with zero attached hydrogens (tertiary/aromatic N) is 4. The molecule has 2 heterocycles. The van der Waals surface area contributed by atoms with Crippen LogP contribution in [-0.4, -0.2) is 28.4 Å². The highest BCUT2D eigenvalue weighted by molar-refractivity contribution is 5.41. The number of anilines is 1. The van der Waals surface area contributed by atoms with Gasteiger partial charge in [-0.2, -0.15) is 5.10 Å². The SMILES string of the molecule is CCCN(C)c1cnn(Cc2ccnc(CN)c2)c(=O)c1. The highest BCUT2D eigenvalue weighted by atomic mass is 16.1. The average molecular weight is 287 g/mol. The normalized spacial score (nSPS) is 10.6. The molecule has 0 spiro atoms. The van der Waals surface area contributed by atoms with Crippen molar-refractivity contribution in [2.75, 3.05) is 18.5 Å². The number of nitrogens with two attached hydrogens (primary N) is 1. The van der Waals surface area contributed by atoms with Crippen molar-refractivity contribution in [2.24, 2.45) is 5.73 Å². The third-order valence-corrected chi connectivity index (χ3v) is 3.28. The Morgan fingerprint density at radius 1 is 1.38 bits per heavy atom. The third kappa shape index (κ3) is 3.88. The summed E-state index contributed by atoms with van der Waals surface area (Å²) in [7, 11) is 1.96. The molecule has 0 saturated heterocycles. The van der Waals surface area contributed by atoms with Gasteiger partial charge in [-0.3, -0.25) is 9.78 Å². The Kier molecular flexibility index (Phi) is 5.05. The summed E-state index contributed by atoms with van der Waals surface area (Å²) < 4.78 is 1.44. The Morgan fingerprint density at radius 3 is 2.86 bits per heavy atom. The van der Waals surface area contributed by atoms with Gasteiger partial charge in [0.15, 0.2) is 0 Å². The zero-order valence-electron chi connectivity index (χ0n) is 12.5. The Bertz CT molecular complexity index is 653. The summed E-state index contributed by atoms with van der Waals surface area (Å²) >= 11 is 0. The smallest absolute Gasteiger partial charge is 0.269 e. The standard InChI is InChI=1S/C15H21N5O/c1-3-6-19(2)14-8-15(21)20(18-10-14)11-12-4-5-17-13(7-12)9-16/h4-5,7-8,10H,3,6,9,11,16H2,1-2H3. The minimum Gasteiger partial charge on any atom is -0.373 e. The van der Waals surface area contributed by atoms with E-state index in [9.17, 15) is 4.79 Å². The molecule has 2 rings (SSSR count). The summed E-state index contributed by atoms with van der Waals surface area (Å²) in [5.74, 6) is 0. The summed E-state index contributed by atoms with van der Waals surface area (Å²) in [4.78, 5) is 18.3. The van der Waals surface area contributed by atoms with Crippen molar-refractivity contribution < 1.29 is 0 Å². The fraction of sp³-hybridized carbons (Fsp3) is 0.400. The molecule has 2 aromatic rings. The first kappa shape index (κ1) is 15.2. The van der Waals surface area contributed by atoms with Crippen LogP contribution in [0.25, 0.3) is 0 Å². The van der Waals surface area contributed by atoms with Gasteiger partial charge >= 0.3 is 0 Å². The Balaban J connectivity index is 2.19. The molecule has 0 aromatic carbocycles. The largest absolute Gasteiger partial charge is 0.373 e. The first-order valence-corrected chi connectivity index (χ1v) is 7.06. The number of aromatic nitrogens is 3. The van der Waals surface area contributed by atoms with Crippen molar-refractivity contribution >= 4 is 5.69 Å². The van der Waals surface area contributed by atoms with Crippen molar-refractivity contribution in [1.29, 1.82) is 0 Å². The van der Waals surface area contributed by atoms with Crippen molar-refractivity contribution in [3.8, 4) is 0 Å². The Hall–Kier alpha value is -2.21. The monoisotopic (exact) mass is 287 g/mol. The second-order valence-electron chi connectivity index (χ2n) is 4.99. The molecule has 0 saturated carbocycles. The van der Waals surface area contributed by atoms with Gasteiger partial charge in [0.05, 0.1) is 24.1 Å². The molecule has 21 heavy (non-hydrogen) atoms. The van der Waals surface area contributed by atoms with Crippen molar-refractivity contribution in [1.82, 2.24) is 14.8 Å². The predicted molar refractivity (Wildman–Crippen MR) is 83.3 cm³/mol. The van der Waals surface area contributed by atoms with Crippen LogP contribution < -0.4 is 16.2 Å². The summed E-state index contributed by atoms with van der Waals surface area (Å²) in [5.41, 5.74) is 8.08. The minimum atomic E-state index is -0.110. The molecule has 0 aliphatic rings. The highest BCUT2D eigenvalue weighted by Crippen LogP contribution is 2.08. The van der Waals surface area contributed by atoms with E-state index in [1.54, 1.807) is 18.5 Å². The molecular formula is C15H21N5O. The van der Waals surface area contributed by atoms with Crippen LogP contribution in [0.4, 0.5) is 5.69 Å². The maximum Gasteiger partial charge on any atom is 0.269 e. The lowest BCUT2D eigenvalue weighted by molar-refractivity contribution is 0.635. The van der Waals surface area contributed by atoms with Gasteiger partial charge in [0.25, 0.3) is 5.56 Å². The van der Waals surface area contributed by atoms with Gasteiger partial charge in [0.2, 0.25) is 0 Å².